The molecule has 0 atom stereocenters. The van der Waals surface area contributed by atoms with E-state index < -0.39 is 47.1 Å². The fraction of sp³-hybridized carbons (Fsp3) is 0. The third-order valence-corrected chi connectivity index (χ3v) is 0. The van der Waals surface area contributed by atoms with Crippen LogP contribution in [0.3, 0.4) is 0 Å². The van der Waals surface area contributed by atoms with Crippen molar-refractivity contribution < 1.29 is 64.6 Å². The van der Waals surface area contributed by atoms with E-state index in [1.165, 1.54) is 0 Å². The van der Waals surface area contributed by atoms with Crippen LogP contribution in [0.2, 0.25) is 0 Å². The Labute approximate surface area is 161 Å². The normalized spacial score (nSPS) is 2.77. The molecule has 0 aliphatic rings. The van der Waals surface area contributed by atoms with Gasteiger partial charge in [-0.1, -0.05) is 0 Å². The molecule has 0 aliphatic carbocycles. The second-order valence-electron chi connectivity index (χ2n) is 0.250. The molecule has 0 aromatic carbocycles. The van der Waals surface area contributed by atoms with Crippen LogP contribution >= 0.6 is 0 Å². The quantitative estimate of drug-likeness (QED) is 0.234. The van der Waals surface area contributed by atoms with Crippen molar-refractivity contribution in [1.82, 2.24) is 0 Å². The molecule has 13 heteroatoms. The maximum atomic E-state index is 8.50. The van der Waals surface area contributed by atoms with Crippen molar-refractivity contribution in [1.29, 1.82) is 0 Å². The zero-order valence-electron chi connectivity index (χ0n) is 7.45. The van der Waals surface area contributed by atoms with Gasteiger partial charge in [-0.05, 0) is 0 Å². The van der Waals surface area contributed by atoms with Crippen LogP contribution in [0.15, 0.2) is 0 Å². The zero-order chi connectivity index (χ0) is 8.12. The molecule has 7 radical (unpaired) electrons. The molecule has 0 N–H and O–H groups in total. The second kappa shape index (κ2) is 77.9. The summed E-state index contributed by atoms with van der Waals surface area (Å²) in [6.45, 7) is 0. The summed E-state index contributed by atoms with van der Waals surface area (Å²) in [5.41, 5.74) is 0. The van der Waals surface area contributed by atoms with Gasteiger partial charge in [0, 0.05) is 0 Å². The van der Waals surface area contributed by atoms with Crippen molar-refractivity contribution in [3.05, 3.63) is 0 Å². The van der Waals surface area contributed by atoms with Crippen LogP contribution in [0.25, 0.3) is 0 Å². The van der Waals surface area contributed by atoms with Gasteiger partial charge >= 0.3 is 164 Å². The maximum absolute atomic E-state index is 8.50. The molecule has 73 valence electrons. The predicted octanol–water partition coefficient (Wildman–Crippen LogP) is -8.62. The predicted molar refractivity (Wildman–Crippen MR) is 49.1 cm³/mol. The van der Waals surface area contributed by atoms with E-state index in [-0.39, 0.29) is 93.6 Å². The molecular formula is H9Ge6NdO6. The van der Waals surface area contributed by atoms with Crippen molar-refractivity contribution in [3.63, 3.8) is 0 Å². The standard InChI is InChI=1S/3GeO2.3GeH3.Nd/c3*2-1-3;;;;/h;;;3*1H3;/q3*-1;;;;+3. The van der Waals surface area contributed by atoms with E-state index in [0.717, 1.165) is 0 Å². The number of rotatable bonds is 0. The SMILES string of the molecule is [GeH3].[GeH3].[GeH3].[Nd+3].[O]=[Ge][O-].[O]=[Ge][O-].[O]=[Ge][O-]. The van der Waals surface area contributed by atoms with Crippen LogP contribution in [0.1, 0.15) is 0 Å². The molecule has 0 saturated heterocycles. The first-order valence-corrected chi connectivity index (χ1v) is 6.36. The average Bonchev–Trinajstić information content (AvgIpc) is 1.70. The van der Waals surface area contributed by atoms with Crippen LogP contribution in [0.5, 0.6) is 0 Å². The topological polar surface area (TPSA) is 120 Å². The molecule has 0 spiro atoms. The summed E-state index contributed by atoms with van der Waals surface area (Å²) in [6.07, 6.45) is 0. The van der Waals surface area contributed by atoms with Gasteiger partial charge < -0.3 is 0 Å². The van der Waals surface area contributed by atoms with Crippen LogP contribution in [-0.2, 0) is 11.3 Å². The summed E-state index contributed by atoms with van der Waals surface area (Å²) in [4.78, 5) is 0. The average molecular weight is 685 g/mol. The third-order valence-electron chi connectivity index (χ3n) is 0. The molecule has 13 heavy (non-hydrogen) atoms. The molecule has 6 nitrogen and oxygen atoms in total. The summed E-state index contributed by atoms with van der Waals surface area (Å²) in [5, 5.41) is 0. The number of hydrogen-bond donors (Lipinski definition) is 0. The van der Waals surface area contributed by atoms with Crippen molar-refractivity contribution >= 4 is 99.9 Å². The van der Waals surface area contributed by atoms with Crippen molar-refractivity contribution in [2.24, 2.45) is 0 Å². The summed E-state index contributed by atoms with van der Waals surface area (Å²) in [5.74, 6) is 0. The van der Waals surface area contributed by atoms with Gasteiger partial charge in [-0.25, -0.2) is 0 Å². The van der Waals surface area contributed by atoms with Gasteiger partial charge in [0.1, 0.15) is 0 Å². The molecule has 0 aromatic rings. The van der Waals surface area contributed by atoms with Crippen LogP contribution < -0.4 is 12.4 Å². The molecule has 0 bridgehead atoms. The minimum absolute atomic E-state index is 0. The van der Waals surface area contributed by atoms with Crippen molar-refractivity contribution in [2.45, 2.75) is 0 Å². The molecule has 0 unspecified atom stereocenters. The number of hydrogen-bond acceptors (Lipinski definition) is 6. The van der Waals surface area contributed by atoms with Gasteiger partial charge in [0.05, 0.1) is 0 Å². The molecule has 0 heterocycles. The summed E-state index contributed by atoms with van der Waals surface area (Å²) >= 11 is -6.00. The Hall–Kier alpha value is 3.41. The molecule has 0 fully saturated rings. The fourth-order valence-corrected chi connectivity index (χ4v) is 0. The minimum atomic E-state index is -2.00. The Balaban J connectivity index is -0.00000000720. The molecule has 0 aliphatic heterocycles. The summed E-state index contributed by atoms with van der Waals surface area (Å²) in [6, 6.07) is 0. The van der Waals surface area contributed by atoms with E-state index in [4.69, 9.17) is 23.7 Å². The third kappa shape index (κ3) is 239. The first-order chi connectivity index (χ1) is 4.24. The van der Waals surface area contributed by atoms with E-state index in [0.29, 0.717) is 0 Å². The molecule has 0 aromatic heterocycles. The zero-order valence-corrected chi connectivity index (χ0v) is 29.5. The first kappa shape index (κ1) is 44.0. The van der Waals surface area contributed by atoms with Gasteiger partial charge in [0.15, 0.2) is 0 Å². The monoisotopic (exact) mass is 690 g/mol. The first-order valence-electron chi connectivity index (χ1n) is 1.22. The van der Waals surface area contributed by atoms with E-state index in [1.807, 2.05) is 0 Å². The van der Waals surface area contributed by atoms with E-state index in [2.05, 4.69) is 0 Å². The molecule has 0 rings (SSSR count). The van der Waals surface area contributed by atoms with Crippen molar-refractivity contribution in [2.75, 3.05) is 0 Å². The van der Waals surface area contributed by atoms with Crippen molar-refractivity contribution in [3.8, 4) is 0 Å². The van der Waals surface area contributed by atoms with E-state index >= 15 is 0 Å². The summed E-state index contributed by atoms with van der Waals surface area (Å²) in [7, 11) is 0. The summed E-state index contributed by atoms with van der Waals surface area (Å²) < 4.78 is 51.0. The fourth-order valence-electron chi connectivity index (χ4n) is 0. The van der Waals surface area contributed by atoms with Crippen LogP contribution in [0, 0.1) is 40.8 Å². The Bertz CT molecular complexity index is 53.9. The van der Waals surface area contributed by atoms with E-state index in [9.17, 15) is 0 Å². The van der Waals surface area contributed by atoms with Crippen LogP contribution in [0.4, 0.5) is 0 Å². The van der Waals surface area contributed by atoms with E-state index in [1.54, 1.807) is 0 Å². The molecule has 0 amide bonds. The van der Waals surface area contributed by atoms with Gasteiger partial charge in [0.2, 0.25) is 0 Å². The van der Waals surface area contributed by atoms with Gasteiger partial charge in [-0.3, -0.25) is 0 Å². The Morgan fingerprint density at radius 2 is 0.615 bits per heavy atom. The Morgan fingerprint density at radius 1 is 0.615 bits per heavy atom. The van der Waals surface area contributed by atoms with Gasteiger partial charge in [0.25, 0.3) is 0 Å². The molecule has 0 saturated carbocycles. The molecular weight excluding hydrogens is 676 g/mol. The Kier molecular flexibility index (Phi) is 264. The Morgan fingerprint density at radius 3 is 0.615 bits per heavy atom. The van der Waals surface area contributed by atoms with Gasteiger partial charge in [-0.2, -0.15) is 0 Å². The second-order valence-corrected chi connectivity index (χ2v) is 1.30. The van der Waals surface area contributed by atoms with Gasteiger partial charge in [-0.15, -0.1) is 0 Å². The van der Waals surface area contributed by atoms with Crippen LogP contribution in [-0.4, -0.2) is 99.9 Å².